The minimum Gasteiger partial charge on any atom is -0.304 e. The maximum atomic E-state index is 9.18. The van der Waals surface area contributed by atoms with Gasteiger partial charge in [-0.3, -0.25) is 15.2 Å². The molecule has 6 heteroatoms. The number of benzene rings is 2. The smallest absolute Gasteiger partial charge is 0.188 e. The molecule has 1 heterocycles. The highest BCUT2D eigenvalue weighted by Crippen LogP contribution is 2.29. The number of thiocarbonyl (C=S) groups is 1. The molecule has 1 aliphatic rings. The van der Waals surface area contributed by atoms with E-state index in [0.717, 1.165) is 23.4 Å². The van der Waals surface area contributed by atoms with Gasteiger partial charge in [0, 0.05) is 11.4 Å². The maximum absolute atomic E-state index is 9.18. The van der Waals surface area contributed by atoms with Crippen molar-refractivity contribution in [1.29, 1.82) is 10.7 Å². The molecule has 0 radical (unpaired) electrons. The van der Waals surface area contributed by atoms with Crippen molar-refractivity contribution in [3.8, 4) is 6.07 Å². The van der Waals surface area contributed by atoms with Crippen LogP contribution in [-0.2, 0) is 6.42 Å². The molecule has 3 N–H and O–H groups in total. The van der Waals surface area contributed by atoms with Crippen molar-refractivity contribution >= 4 is 34.5 Å². The van der Waals surface area contributed by atoms with Gasteiger partial charge in [-0.15, -0.1) is 0 Å². The van der Waals surface area contributed by atoms with Gasteiger partial charge in [0.2, 0.25) is 0 Å². The number of nitriles is 1. The van der Waals surface area contributed by atoms with E-state index in [1.54, 1.807) is 21.9 Å². The normalized spacial score (nSPS) is 16.2. The Balaban J connectivity index is 0.00000117. The lowest BCUT2D eigenvalue weighted by molar-refractivity contribution is 0.909. The molecule has 0 aromatic heterocycles. The maximum Gasteiger partial charge on any atom is 0.188 e. The second-order valence-electron chi connectivity index (χ2n) is 5.46. The van der Waals surface area contributed by atoms with Gasteiger partial charge in [0.1, 0.15) is 12.0 Å². The number of rotatable bonds is 3. The van der Waals surface area contributed by atoms with Crippen LogP contribution in [0.3, 0.4) is 0 Å². The van der Waals surface area contributed by atoms with Crippen LogP contribution >= 0.6 is 12.2 Å². The minimum atomic E-state index is -0.638. The van der Waals surface area contributed by atoms with Crippen molar-refractivity contribution in [2.45, 2.75) is 33.4 Å². The summed E-state index contributed by atoms with van der Waals surface area (Å²) in [7, 11) is 0. The molecule has 2 aromatic carbocycles. The highest BCUT2D eigenvalue weighted by atomic mass is 32.1. The fraction of sp³-hybridized carbons (Fsp3) is 0.250. The standard InChI is InChI=1S/C18H17N5S.C2H6/c1-2-12-10-15(9-8-13(12)11-19)23-17(21)16(20)22(18(23)24)14-6-4-3-5-7-14;1-2/h3-10,16,21H,2,20H2,1H3;1-2H3. The Hall–Kier alpha value is -2.75. The van der Waals surface area contributed by atoms with E-state index >= 15 is 0 Å². The number of anilines is 2. The molecule has 0 bridgehead atoms. The zero-order valence-corrected chi connectivity index (χ0v) is 16.0. The quantitative estimate of drug-likeness (QED) is 0.803. The predicted octanol–water partition coefficient (Wildman–Crippen LogP) is 4.02. The van der Waals surface area contributed by atoms with Crippen LogP contribution < -0.4 is 15.5 Å². The first-order chi connectivity index (χ1) is 12.6. The number of hydrogen-bond acceptors (Lipinski definition) is 4. The van der Waals surface area contributed by atoms with E-state index in [0.29, 0.717) is 10.7 Å². The first kappa shape index (κ1) is 19.6. The lowest BCUT2D eigenvalue weighted by atomic mass is 10.0. The molecule has 1 aliphatic heterocycles. The molecule has 2 aromatic rings. The van der Waals surface area contributed by atoms with Crippen molar-refractivity contribution in [3.05, 3.63) is 59.7 Å². The number of aryl methyl sites for hydroxylation is 1. The van der Waals surface area contributed by atoms with Crippen LogP contribution in [0.2, 0.25) is 0 Å². The number of nitrogens with two attached hydrogens (primary N) is 1. The molecule has 0 aliphatic carbocycles. The lowest BCUT2D eigenvalue weighted by Gasteiger charge is -2.22. The molecule has 1 atom stereocenters. The zero-order chi connectivity index (χ0) is 19.3. The molecule has 134 valence electrons. The van der Waals surface area contributed by atoms with Crippen LogP contribution in [0.25, 0.3) is 0 Å². The number of amidine groups is 1. The Morgan fingerprint density at radius 3 is 2.38 bits per heavy atom. The van der Waals surface area contributed by atoms with Crippen LogP contribution in [0.4, 0.5) is 11.4 Å². The van der Waals surface area contributed by atoms with E-state index in [-0.39, 0.29) is 5.84 Å². The van der Waals surface area contributed by atoms with Crippen molar-refractivity contribution in [1.82, 2.24) is 0 Å². The van der Waals surface area contributed by atoms with Crippen molar-refractivity contribution in [2.24, 2.45) is 5.73 Å². The summed E-state index contributed by atoms with van der Waals surface area (Å²) < 4.78 is 0. The minimum absolute atomic E-state index is 0.218. The summed E-state index contributed by atoms with van der Waals surface area (Å²) in [5, 5.41) is 18.0. The topological polar surface area (TPSA) is 80.1 Å². The molecule has 0 spiro atoms. The largest absolute Gasteiger partial charge is 0.304 e. The summed E-state index contributed by atoms with van der Waals surface area (Å²) in [5.41, 5.74) is 9.40. The Bertz CT molecular complexity index is 841. The molecular weight excluding hydrogens is 342 g/mol. The van der Waals surface area contributed by atoms with Crippen molar-refractivity contribution in [3.63, 3.8) is 0 Å². The van der Waals surface area contributed by atoms with E-state index < -0.39 is 6.17 Å². The van der Waals surface area contributed by atoms with Crippen LogP contribution in [0.5, 0.6) is 0 Å². The van der Waals surface area contributed by atoms with Crippen LogP contribution in [0, 0.1) is 16.7 Å². The number of para-hydroxylation sites is 1. The average Bonchev–Trinajstić information content (AvgIpc) is 2.92. The van der Waals surface area contributed by atoms with Gasteiger partial charge in [-0.1, -0.05) is 39.0 Å². The third kappa shape index (κ3) is 3.45. The molecular formula is C20H23N5S. The van der Waals surface area contributed by atoms with Crippen LogP contribution in [0.1, 0.15) is 31.9 Å². The number of nitrogens with one attached hydrogen (secondary N) is 1. The van der Waals surface area contributed by atoms with Crippen LogP contribution in [0.15, 0.2) is 48.5 Å². The monoisotopic (exact) mass is 365 g/mol. The lowest BCUT2D eigenvalue weighted by Crippen LogP contribution is -2.41. The first-order valence-electron chi connectivity index (χ1n) is 8.64. The van der Waals surface area contributed by atoms with E-state index in [2.05, 4.69) is 6.07 Å². The number of hydrogen-bond donors (Lipinski definition) is 2. The summed E-state index contributed by atoms with van der Waals surface area (Å²) in [5.74, 6) is 0.218. The summed E-state index contributed by atoms with van der Waals surface area (Å²) in [6, 6.07) is 17.2. The summed E-state index contributed by atoms with van der Waals surface area (Å²) in [6.45, 7) is 6.00. The van der Waals surface area contributed by atoms with Crippen molar-refractivity contribution < 1.29 is 0 Å². The third-order valence-corrected chi connectivity index (χ3v) is 4.46. The second-order valence-corrected chi connectivity index (χ2v) is 5.83. The Morgan fingerprint density at radius 2 is 1.81 bits per heavy atom. The highest BCUT2D eigenvalue weighted by Gasteiger charge is 2.39. The zero-order valence-electron chi connectivity index (χ0n) is 15.2. The highest BCUT2D eigenvalue weighted by molar-refractivity contribution is 7.81. The average molecular weight is 366 g/mol. The van der Waals surface area contributed by atoms with Gasteiger partial charge in [-0.25, -0.2) is 0 Å². The third-order valence-electron chi connectivity index (χ3n) is 4.08. The molecule has 0 amide bonds. The molecule has 26 heavy (non-hydrogen) atoms. The fourth-order valence-corrected chi connectivity index (χ4v) is 3.24. The van der Waals surface area contributed by atoms with Crippen LogP contribution in [-0.4, -0.2) is 17.1 Å². The molecule has 5 nitrogen and oxygen atoms in total. The van der Waals surface area contributed by atoms with E-state index in [4.69, 9.17) is 23.4 Å². The van der Waals surface area contributed by atoms with E-state index in [9.17, 15) is 5.26 Å². The van der Waals surface area contributed by atoms with Gasteiger partial charge in [-0.2, -0.15) is 5.26 Å². The van der Waals surface area contributed by atoms with Gasteiger partial charge in [-0.05, 0) is 54.5 Å². The number of nitrogens with zero attached hydrogens (tertiary/aromatic N) is 3. The Kier molecular flexibility index (Phi) is 6.45. The second kappa shape index (κ2) is 8.56. The fourth-order valence-electron chi connectivity index (χ4n) is 2.81. The summed E-state index contributed by atoms with van der Waals surface area (Å²) >= 11 is 5.59. The van der Waals surface area contributed by atoms with Gasteiger partial charge in [0.25, 0.3) is 0 Å². The first-order valence-corrected chi connectivity index (χ1v) is 9.04. The van der Waals surface area contributed by atoms with E-state index in [1.807, 2.05) is 57.2 Å². The molecule has 0 saturated carbocycles. The molecule has 3 rings (SSSR count). The summed E-state index contributed by atoms with van der Waals surface area (Å²) in [6.07, 6.45) is 0.0969. The Labute approximate surface area is 160 Å². The summed E-state index contributed by atoms with van der Waals surface area (Å²) in [4.78, 5) is 3.43. The molecule has 1 saturated heterocycles. The van der Waals surface area contributed by atoms with Gasteiger partial charge in [0.15, 0.2) is 5.11 Å². The van der Waals surface area contributed by atoms with Gasteiger partial charge < -0.3 is 5.73 Å². The molecule has 1 unspecified atom stereocenters. The molecule has 1 fully saturated rings. The van der Waals surface area contributed by atoms with E-state index in [1.165, 1.54) is 0 Å². The Morgan fingerprint density at radius 1 is 1.15 bits per heavy atom. The van der Waals surface area contributed by atoms with Crippen molar-refractivity contribution in [2.75, 3.05) is 9.80 Å². The van der Waals surface area contributed by atoms with Gasteiger partial charge in [0.05, 0.1) is 11.6 Å². The predicted molar refractivity (Wildman–Crippen MR) is 112 cm³/mol. The SMILES string of the molecule is CC.CCc1cc(N2C(=N)C(N)N(c3ccccc3)C2=S)ccc1C#N. The van der Waals surface area contributed by atoms with Gasteiger partial charge >= 0.3 is 0 Å².